The van der Waals surface area contributed by atoms with Gasteiger partial charge < -0.3 is 9.15 Å². The van der Waals surface area contributed by atoms with Crippen LogP contribution >= 0.6 is 0 Å². The lowest BCUT2D eigenvalue weighted by molar-refractivity contribution is 0.413. The Morgan fingerprint density at radius 1 is 1.25 bits per heavy atom. The number of hydrogen-bond donors (Lipinski definition) is 0. The van der Waals surface area contributed by atoms with Gasteiger partial charge in [-0.25, -0.2) is 0 Å². The Hall–Kier alpha value is -2.14. The van der Waals surface area contributed by atoms with E-state index in [0.29, 0.717) is 5.75 Å². The van der Waals surface area contributed by atoms with Crippen molar-refractivity contribution in [2.45, 2.75) is 6.92 Å². The molecule has 1 aromatic heterocycles. The number of ether oxygens (including phenoxy) is 1. The summed E-state index contributed by atoms with van der Waals surface area (Å²) in [6, 6.07) is 9.52. The summed E-state index contributed by atoms with van der Waals surface area (Å²) in [4.78, 5) is 0. The van der Waals surface area contributed by atoms with Crippen LogP contribution in [0.4, 0.5) is 0 Å². The normalized spacial score (nSPS) is 9.81. The third-order valence-electron chi connectivity index (χ3n) is 2.38. The number of furan rings is 1. The van der Waals surface area contributed by atoms with Gasteiger partial charge in [0, 0.05) is 5.56 Å². The van der Waals surface area contributed by atoms with Crippen molar-refractivity contribution < 1.29 is 9.15 Å². The van der Waals surface area contributed by atoms with Gasteiger partial charge in [0.05, 0.1) is 12.7 Å². The van der Waals surface area contributed by atoms with Crippen LogP contribution in [0.2, 0.25) is 0 Å². The molecule has 16 heavy (non-hydrogen) atoms. The second kappa shape index (κ2) is 4.16. The fourth-order valence-electron chi connectivity index (χ4n) is 1.55. The first-order valence-electron chi connectivity index (χ1n) is 4.96. The van der Waals surface area contributed by atoms with Crippen molar-refractivity contribution in [3.05, 3.63) is 41.7 Å². The van der Waals surface area contributed by atoms with E-state index in [4.69, 9.17) is 15.6 Å². The molecule has 80 valence electrons. The van der Waals surface area contributed by atoms with Crippen molar-refractivity contribution in [1.29, 1.82) is 0 Å². The first kappa shape index (κ1) is 10.4. The van der Waals surface area contributed by atoms with Crippen LogP contribution in [0.1, 0.15) is 11.3 Å². The molecule has 1 aromatic carbocycles. The van der Waals surface area contributed by atoms with E-state index in [0.717, 1.165) is 22.6 Å². The minimum atomic E-state index is 0.689. The van der Waals surface area contributed by atoms with E-state index in [-0.39, 0.29) is 0 Å². The van der Waals surface area contributed by atoms with Gasteiger partial charge in [0.15, 0.2) is 0 Å². The zero-order valence-corrected chi connectivity index (χ0v) is 9.28. The van der Waals surface area contributed by atoms with Crippen molar-refractivity contribution >= 4 is 0 Å². The molecule has 0 radical (unpaired) electrons. The molecule has 1 heterocycles. The molecule has 0 aliphatic heterocycles. The first-order chi connectivity index (χ1) is 7.74. The van der Waals surface area contributed by atoms with Gasteiger partial charge in [-0.05, 0) is 37.3 Å². The third kappa shape index (κ3) is 1.80. The molecule has 0 aliphatic carbocycles. The summed E-state index contributed by atoms with van der Waals surface area (Å²) in [5.74, 6) is 4.97. The molecule has 2 heteroatoms. The van der Waals surface area contributed by atoms with Crippen molar-refractivity contribution in [3.8, 4) is 29.4 Å². The molecular formula is C14H12O2. The number of methoxy groups -OCH3 is 1. The highest BCUT2D eigenvalue weighted by Gasteiger charge is 2.06. The van der Waals surface area contributed by atoms with Gasteiger partial charge in [0.2, 0.25) is 0 Å². The highest BCUT2D eigenvalue weighted by molar-refractivity contribution is 5.63. The third-order valence-corrected chi connectivity index (χ3v) is 2.38. The molecule has 0 amide bonds. The van der Waals surface area contributed by atoms with Crippen molar-refractivity contribution in [2.75, 3.05) is 7.11 Å². The Morgan fingerprint density at radius 3 is 2.62 bits per heavy atom. The molecule has 0 fully saturated rings. The predicted octanol–water partition coefficient (Wildman–Crippen LogP) is 3.24. The van der Waals surface area contributed by atoms with Crippen molar-refractivity contribution in [2.24, 2.45) is 0 Å². The number of benzene rings is 1. The summed E-state index contributed by atoms with van der Waals surface area (Å²) in [6.45, 7) is 1.91. The van der Waals surface area contributed by atoms with E-state index < -0.39 is 0 Å². The van der Waals surface area contributed by atoms with Gasteiger partial charge in [-0.2, -0.15) is 0 Å². The molecule has 0 saturated carbocycles. The number of terminal acetylenes is 1. The number of rotatable bonds is 2. The molecule has 0 bridgehead atoms. The predicted molar refractivity (Wildman–Crippen MR) is 63.4 cm³/mol. The van der Waals surface area contributed by atoms with Crippen LogP contribution in [0.5, 0.6) is 5.75 Å². The Bertz CT molecular complexity index is 544. The van der Waals surface area contributed by atoms with E-state index >= 15 is 0 Å². The summed E-state index contributed by atoms with van der Waals surface area (Å²) in [5.41, 5.74) is 1.71. The summed E-state index contributed by atoms with van der Waals surface area (Å²) in [7, 11) is 1.60. The largest absolute Gasteiger partial charge is 0.495 e. The summed E-state index contributed by atoms with van der Waals surface area (Å²) >= 11 is 0. The lowest BCUT2D eigenvalue weighted by Gasteiger charge is -2.05. The van der Waals surface area contributed by atoms with Crippen molar-refractivity contribution in [3.63, 3.8) is 0 Å². The van der Waals surface area contributed by atoms with Gasteiger partial charge in [-0.15, -0.1) is 6.42 Å². The quantitative estimate of drug-likeness (QED) is 0.713. The lowest BCUT2D eigenvalue weighted by atomic mass is 10.1. The molecule has 0 saturated heterocycles. The Balaban J connectivity index is 2.48. The maximum absolute atomic E-state index is 5.54. The Kier molecular flexibility index (Phi) is 2.70. The highest BCUT2D eigenvalue weighted by Crippen LogP contribution is 2.27. The van der Waals surface area contributed by atoms with Gasteiger partial charge >= 0.3 is 0 Å². The van der Waals surface area contributed by atoms with Crippen LogP contribution in [0, 0.1) is 19.3 Å². The van der Waals surface area contributed by atoms with E-state index in [1.165, 1.54) is 0 Å². The van der Waals surface area contributed by atoms with Crippen LogP contribution in [-0.2, 0) is 0 Å². The first-order valence-corrected chi connectivity index (χ1v) is 4.96. The average molecular weight is 212 g/mol. The van der Waals surface area contributed by atoms with Gasteiger partial charge in [0.1, 0.15) is 17.3 Å². The highest BCUT2D eigenvalue weighted by atomic mass is 16.5. The van der Waals surface area contributed by atoms with E-state index in [2.05, 4.69) is 5.92 Å². The zero-order chi connectivity index (χ0) is 11.5. The molecule has 2 aromatic rings. The standard InChI is InChI=1S/C14H12O2/c1-4-11-6-7-12(9-14(11)15-3)13-8-5-10(2)16-13/h1,5-9H,2-3H3. The maximum Gasteiger partial charge on any atom is 0.135 e. The summed E-state index contributed by atoms with van der Waals surface area (Å²) in [5, 5.41) is 0. The van der Waals surface area contributed by atoms with E-state index in [1.54, 1.807) is 7.11 Å². The minimum Gasteiger partial charge on any atom is -0.495 e. The molecule has 0 unspecified atom stereocenters. The molecule has 0 spiro atoms. The van der Waals surface area contributed by atoms with Crippen LogP contribution in [0.25, 0.3) is 11.3 Å². The minimum absolute atomic E-state index is 0.689. The maximum atomic E-state index is 5.54. The second-order valence-electron chi connectivity index (χ2n) is 3.47. The Morgan fingerprint density at radius 2 is 2.06 bits per heavy atom. The van der Waals surface area contributed by atoms with Crippen LogP contribution in [0.15, 0.2) is 34.7 Å². The lowest BCUT2D eigenvalue weighted by Crippen LogP contribution is -1.88. The van der Waals surface area contributed by atoms with Crippen LogP contribution in [0.3, 0.4) is 0 Å². The van der Waals surface area contributed by atoms with Gasteiger partial charge in [0.25, 0.3) is 0 Å². The fourth-order valence-corrected chi connectivity index (χ4v) is 1.55. The molecule has 0 aliphatic rings. The topological polar surface area (TPSA) is 22.4 Å². The SMILES string of the molecule is C#Cc1ccc(-c2ccc(C)o2)cc1OC. The fraction of sp³-hybridized carbons (Fsp3) is 0.143. The van der Waals surface area contributed by atoms with Crippen LogP contribution < -0.4 is 4.74 Å². The molecule has 0 N–H and O–H groups in total. The number of hydrogen-bond acceptors (Lipinski definition) is 2. The molecular weight excluding hydrogens is 200 g/mol. The van der Waals surface area contributed by atoms with E-state index in [9.17, 15) is 0 Å². The van der Waals surface area contributed by atoms with Crippen molar-refractivity contribution in [1.82, 2.24) is 0 Å². The monoisotopic (exact) mass is 212 g/mol. The average Bonchev–Trinajstić information content (AvgIpc) is 2.75. The smallest absolute Gasteiger partial charge is 0.135 e. The summed E-state index contributed by atoms with van der Waals surface area (Å²) < 4.78 is 10.8. The Labute approximate surface area is 94.9 Å². The molecule has 0 atom stereocenters. The van der Waals surface area contributed by atoms with E-state index in [1.807, 2.05) is 37.3 Å². The zero-order valence-electron chi connectivity index (χ0n) is 9.28. The molecule has 2 nitrogen and oxygen atoms in total. The van der Waals surface area contributed by atoms with Gasteiger partial charge in [-0.3, -0.25) is 0 Å². The van der Waals surface area contributed by atoms with Gasteiger partial charge in [-0.1, -0.05) is 5.92 Å². The molecule has 2 rings (SSSR count). The second-order valence-corrected chi connectivity index (χ2v) is 3.47. The number of aryl methyl sites for hydroxylation is 1. The summed E-state index contributed by atoms with van der Waals surface area (Å²) in [6.07, 6.45) is 5.37. The van der Waals surface area contributed by atoms with Crippen LogP contribution in [-0.4, -0.2) is 7.11 Å².